The average molecular weight is 362 g/mol. The number of fused-ring (bicyclic) bond motifs is 1. The number of rotatable bonds is 5. The molecule has 1 atom stereocenters. The summed E-state index contributed by atoms with van der Waals surface area (Å²) in [5.41, 5.74) is 2.79. The van der Waals surface area contributed by atoms with Gasteiger partial charge >= 0.3 is 0 Å². The van der Waals surface area contributed by atoms with Crippen LogP contribution >= 0.6 is 0 Å². The van der Waals surface area contributed by atoms with Crippen LogP contribution in [0.15, 0.2) is 49.1 Å². The monoisotopic (exact) mass is 362 g/mol. The van der Waals surface area contributed by atoms with Gasteiger partial charge in [0, 0.05) is 29.8 Å². The van der Waals surface area contributed by atoms with E-state index in [1.165, 1.54) is 6.33 Å². The van der Waals surface area contributed by atoms with Crippen molar-refractivity contribution in [2.45, 2.75) is 24.5 Å². The molecule has 0 spiro atoms. The van der Waals surface area contributed by atoms with Gasteiger partial charge in [-0.05, 0) is 31.0 Å². The smallest absolute Gasteiger partial charge is 0.162 e. The molecule has 0 radical (unpaired) electrons. The van der Waals surface area contributed by atoms with E-state index >= 15 is 0 Å². The Labute approximate surface area is 154 Å². The molecule has 1 aromatic carbocycles. The number of nitrogens with one attached hydrogen (secondary N) is 1. The first-order valence-corrected chi connectivity index (χ1v) is 8.73. The topological polar surface area (TPSA) is 102 Å². The molecule has 2 N–H and O–H groups in total. The molecule has 3 heterocycles. The molecule has 27 heavy (non-hydrogen) atoms. The summed E-state index contributed by atoms with van der Waals surface area (Å²) in [6.45, 7) is 0. The SMILES string of the molecule is COC1([C@H](O)c2cnc3c(cnn3-c3cccc(-c4ncn[nH]4)c3)c2)CC1. The number of ether oxygens (including phenoxy) is 1. The highest BCUT2D eigenvalue weighted by atomic mass is 16.5. The van der Waals surface area contributed by atoms with Crippen molar-refractivity contribution in [2.75, 3.05) is 7.11 Å². The number of hydrogen-bond donors (Lipinski definition) is 2. The minimum Gasteiger partial charge on any atom is -0.385 e. The molecule has 5 rings (SSSR count). The maximum absolute atomic E-state index is 10.6. The predicted molar refractivity (Wildman–Crippen MR) is 98.2 cm³/mol. The number of benzene rings is 1. The Morgan fingerprint density at radius 1 is 1.22 bits per heavy atom. The normalized spacial score (nSPS) is 16.5. The molecular weight excluding hydrogens is 344 g/mol. The van der Waals surface area contributed by atoms with E-state index in [2.05, 4.69) is 25.3 Å². The van der Waals surface area contributed by atoms with Crippen LogP contribution in [0.2, 0.25) is 0 Å². The average Bonchev–Trinajstić information content (AvgIpc) is 3.13. The molecule has 0 saturated heterocycles. The second-order valence-corrected chi connectivity index (χ2v) is 6.79. The fourth-order valence-electron chi connectivity index (χ4n) is 3.42. The summed E-state index contributed by atoms with van der Waals surface area (Å²) in [6, 6.07) is 9.75. The number of aromatic amines is 1. The van der Waals surface area contributed by atoms with E-state index < -0.39 is 11.7 Å². The molecule has 3 aromatic heterocycles. The van der Waals surface area contributed by atoms with Gasteiger partial charge in [0.05, 0.1) is 17.5 Å². The van der Waals surface area contributed by atoms with Gasteiger partial charge < -0.3 is 9.84 Å². The number of pyridine rings is 1. The van der Waals surface area contributed by atoms with Crippen LogP contribution in [-0.4, -0.2) is 47.8 Å². The van der Waals surface area contributed by atoms with Crippen LogP contribution < -0.4 is 0 Å². The van der Waals surface area contributed by atoms with Crippen molar-refractivity contribution >= 4 is 11.0 Å². The van der Waals surface area contributed by atoms with Gasteiger partial charge in [0.15, 0.2) is 11.5 Å². The summed E-state index contributed by atoms with van der Waals surface area (Å²) < 4.78 is 7.26. The molecule has 8 heteroatoms. The van der Waals surface area contributed by atoms with Crippen LogP contribution in [0.3, 0.4) is 0 Å². The zero-order chi connectivity index (χ0) is 18.4. The van der Waals surface area contributed by atoms with Gasteiger partial charge in [0.2, 0.25) is 0 Å². The van der Waals surface area contributed by atoms with Crippen LogP contribution in [0.5, 0.6) is 0 Å². The van der Waals surface area contributed by atoms with E-state index in [0.29, 0.717) is 5.82 Å². The Bertz CT molecular complexity index is 1100. The molecule has 1 aliphatic carbocycles. The number of methoxy groups -OCH3 is 1. The number of nitrogens with zero attached hydrogens (tertiary/aromatic N) is 5. The first-order chi connectivity index (χ1) is 13.2. The van der Waals surface area contributed by atoms with Crippen LogP contribution in [0.4, 0.5) is 0 Å². The maximum atomic E-state index is 10.6. The molecule has 1 saturated carbocycles. The number of hydrogen-bond acceptors (Lipinski definition) is 6. The van der Waals surface area contributed by atoms with Crippen LogP contribution in [-0.2, 0) is 4.74 Å². The lowest BCUT2D eigenvalue weighted by atomic mass is 10.0. The lowest BCUT2D eigenvalue weighted by Crippen LogP contribution is -2.22. The standard InChI is InChI=1S/C19H18N6O2/c1-27-19(5-6-19)16(26)13-7-14-10-23-25(18(14)20-9-13)15-4-2-3-12(8-15)17-21-11-22-24-17/h2-4,7-11,16,26H,5-6H2,1H3,(H,21,22,24)/t16-/m1/s1. The molecule has 1 fully saturated rings. The lowest BCUT2D eigenvalue weighted by Gasteiger charge is -2.20. The van der Waals surface area contributed by atoms with Crippen molar-refractivity contribution < 1.29 is 9.84 Å². The summed E-state index contributed by atoms with van der Waals surface area (Å²) in [7, 11) is 1.64. The summed E-state index contributed by atoms with van der Waals surface area (Å²) in [4.78, 5) is 8.74. The van der Waals surface area contributed by atoms with Crippen LogP contribution in [0.1, 0.15) is 24.5 Å². The van der Waals surface area contributed by atoms with E-state index in [4.69, 9.17) is 4.74 Å². The van der Waals surface area contributed by atoms with Gasteiger partial charge in [0.25, 0.3) is 0 Å². The molecule has 8 nitrogen and oxygen atoms in total. The van der Waals surface area contributed by atoms with Crippen molar-refractivity contribution in [1.82, 2.24) is 29.9 Å². The Morgan fingerprint density at radius 3 is 2.85 bits per heavy atom. The first-order valence-electron chi connectivity index (χ1n) is 8.73. The van der Waals surface area contributed by atoms with E-state index in [9.17, 15) is 5.11 Å². The minimum absolute atomic E-state index is 0.462. The van der Waals surface area contributed by atoms with E-state index in [-0.39, 0.29) is 0 Å². The van der Waals surface area contributed by atoms with Gasteiger partial charge in [-0.15, -0.1) is 0 Å². The van der Waals surface area contributed by atoms with Crippen LogP contribution in [0, 0.1) is 0 Å². The molecule has 4 aromatic rings. The lowest BCUT2D eigenvalue weighted by molar-refractivity contribution is -0.0335. The highest BCUT2D eigenvalue weighted by Crippen LogP contribution is 2.48. The van der Waals surface area contributed by atoms with Gasteiger partial charge in [-0.2, -0.15) is 10.2 Å². The van der Waals surface area contributed by atoms with E-state index in [1.807, 2.05) is 30.3 Å². The minimum atomic E-state index is -0.683. The summed E-state index contributed by atoms with van der Waals surface area (Å²) in [5.74, 6) is 0.695. The molecule has 136 valence electrons. The van der Waals surface area contributed by atoms with Crippen molar-refractivity contribution in [3.63, 3.8) is 0 Å². The highest BCUT2D eigenvalue weighted by molar-refractivity contribution is 5.77. The number of H-pyrrole nitrogens is 1. The van der Waals surface area contributed by atoms with Crippen LogP contribution in [0.25, 0.3) is 28.1 Å². The van der Waals surface area contributed by atoms with E-state index in [1.54, 1.807) is 24.2 Å². The van der Waals surface area contributed by atoms with Crippen molar-refractivity contribution in [2.24, 2.45) is 0 Å². The highest BCUT2D eigenvalue weighted by Gasteiger charge is 2.50. The summed E-state index contributed by atoms with van der Waals surface area (Å²) in [5, 5.41) is 22.7. The largest absolute Gasteiger partial charge is 0.385 e. The third kappa shape index (κ3) is 2.61. The maximum Gasteiger partial charge on any atom is 0.162 e. The number of aromatic nitrogens is 6. The zero-order valence-corrected chi connectivity index (χ0v) is 14.7. The Morgan fingerprint density at radius 2 is 2.11 bits per heavy atom. The molecule has 1 aliphatic rings. The molecule has 0 aliphatic heterocycles. The fourth-order valence-corrected chi connectivity index (χ4v) is 3.42. The Kier molecular flexibility index (Phi) is 3.56. The summed E-state index contributed by atoms with van der Waals surface area (Å²) >= 11 is 0. The second kappa shape index (κ2) is 5.97. The van der Waals surface area contributed by atoms with Crippen molar-refractivity contribution in [3.8, 4) is 17.1 Å². The predicted octanol–water partition coefficient (Wildman–Crippen LogP) is 2.42. The fraction of sp³-hybridized carbons (Fsp3) is 0.263. The second-order valence-electron chi connectivity index (χ2n) is 6.79. The quantitative estimate of drug-likeness (QED) is 0.565. The number of aliphatic hydroxyl groups is 1. The molecule has 0 bridgehead atoms. The zero-order valence-electron chi connectivity index (χ0n) is 14.7. The molecular formula is C19H18N6O2. The van der Waals surface area contributed by atoms with Gasteiger partial charge in [0.1, 0.15) is 12.4 Å². The Hall–Kier alpha value is -3.10. The van der Waals surface area contributed by atoms with Gasteiger partial charge in [-0.1, -0.05) is 12.1 Å². The number of aliphatic hydroxyl groups excluding tert-OH is 1. The third-order valence-electron chi connectivity index (χ3n) is 5.17. The first kappa shape index (κ1) is 16.1. The van der Waals surface area contributed by atoms with Gasteiger partial charge in [-0.3, -0.25) is 5.10 Å². The van der Waals surface area contributed by atoms with Gasteiger partial charge in [-0.25, -0.2) is 14.6 Å². The van der Waals surface area contributed by atoms with E-state index in [0.717, 1.165) is 40.7 Å². The van der Waals surface area contributed by atoms with Crippen molar-refractivity contribution in [1.29, 1.82) is 0 Å². The molecule has 0 unspecified atom stereocenters. The third-order valence-corrected chi connectivity index (χ3v) is 5.17. The molecule has 0 amide bonds. The summed E-state index contributed by atoms with van der Waals surface area (Å²) in [6.07, 6.45) is 5.97. The van der Waals surface area contributed by atoms with Crippen molar-refractivity contribution in [3.05, 3.63) is 54.6 Å². The Balaban J connectivity index is 1.53.